The quantitative estimate of drug-likeness (QED) is 0.546. The van der Waals surface area contributed by atoms with E-state index in [1.165, 1.54) is 6.07 Å². The largest absolute Gasteiger partial charge is 0.384 e. The zero-order chi connectivity index (χ0) is 20.1. The summed E-state index contributed by atoms with van der Waals surface area (Å²) in [6.07, 6.45) is 5.30. The summed E-state index contributed by atoms with van der Waals surface area (Å²) in [5.74, 6) is 0.200. The molecule has 0 bridgehead atoms. The monoisotopic (exact) mass is 400 g/mol. The van der Waals surface area contributed by atoms with Gasteiger partial charge >= 0.3 is 0 Å². The zero-order valence-electron chi connectivity index (χ0n) is 15.2. The van der Waals surface area contributed by atoms with Gasteiger partial charge in [0.05, 0.1) is 17.8 Å². The molecule has 2 aromatic heterocycles. The van der Waals surface area contributed by atoms with Crippen LogP contribution in [0.3, 0.4) is 0 Å². The number of aromatic nitrogens is 4. The van der Waals surface area contributed by atoms with E-state index in [0.29, 0.717) is 35.6 Å². The second kappa shape index (κ2) is 8.17. The van der Waals surface area contributed by atoms with Crippen molar-refractivity contribution in [3.63, 3.8) is 0 Å². The molecule has 9 nitrogen and oxygen atoms in total. The molecule has 3 aromatic rings. The lowest BCUT2D eigenvalue weighted by Crippen LogP contribution is -2.12. The Morgan fingerprint density at radius 3 is 2.61 bits per heavy atom. The molecule has 0 saturated carbocycles. The van der Waals surface area contributed by atoms with E-state index in [-0.39, 0.29) is 17.5 Å². The van der Waals surface area contributed by atoms with Gasteiger partial charge in [0.25, 0.3) is 0 Å². The maximum atomic E-state index is 12.0. The molecule has 0 spiro atoms. The molecule has 0 fully saturated rings. The van der Waals surface area contributed by atoms with Crippen molar-refractivity contribution in [2.75, 3.05) is 17.3 Å². The highest BCUT2D eigenvalue weighted by molar-refractivity contribution is 7.89. The summed E-state index contributed by atoms with van der Waals surface area (Å²) in [6, 6.07) is 8.38. The minimum atomic E-state index is -3.23. The lowest BCUT2D eigenvalue weighted by atomic mass is 10.2. The van der Waals surface area contributed by atoms with E-state index >= 15 is 0 Å². The standard InChI is InChI=1S/C18H20N6O3S/c1-28(26,27)10-15-8-16(19)24-18(23-15)12-2-4-13(5-3-12)22-17(25)7-6-14-9-20-11-21-14/h2-5,8-9,11H,6-7,10H2,1H3,(H,20,21)(H,22,25)(H2,19,23,24). The summed E-state index contributed by atoms with van der Waals surface area (Å²) >= 11 is 0. The smallest absolute Gasteiger partial charge is 0.224 e. The average Bonchev–Trinajstić information content (AvgIpc) is 3.12. The first-order valence-corrected chi connectivity index (χ1v) is 10.5. The fourth-order valence-corrected chi connectivity index (χ4v) is 3.27. The molecular formula is C18H20N6O3S. The van der Waals surface area contributed by atoms with Crippen LogP contribution in [-0.4, -0.2) is 40.5 Å². The highest BCUT2D eigenvalue weighted by atomic mass is 32.2. The Balaban J connectivity index is 1.67. The number of carbonyl (C=O) groups is 1. The molecule has 0 aliphatic rings. The second-order valence-electron chi connectivity index (χ2n) is 6.38. The van der Waals surface area contributed by atoms with Crippen LogP contribution in [0.2, 0.25) is 0 Å². The molecule has 1 aromatic carbocycles. The Morgan fingerprint density at radius 1 is 1.21 bits per heavy atom. The van der Waals surface area contributed by atoms with Crippen LogP contribution >= 0.6 is 0 Å². The van der Waals surface area contributed by atoms with Crippen molar-refractivity contribution in [2.24, 2.45) is 0 Å². The third-order valence-electron chi connectivity index (χ3n) is 3.81. The number of benzene rings is 1. The van der Waals surface area contributed by atoms with Gasteiger partial charge in [-0.1, -0.05) is 0 Å². The van der Waals surface area contributed by atoms with Crippen molar-refractivity contribution in [3.8, 4) is 11.4 Å². The van der Waals surface area contributed by atoms with Gasteiger partial charge in [0, 0.05) is 41.9 Å². The van der Waals surface area contributed by atoms with Gasteiger partial charge in [-0.3, -0.25) is 4.79 Å². The van der Waals surface area contributed by atoms with E-state index in [2.05, 4.69) is 25.3 Å². The molecule has 0 aliphatic heterocycles. The molecule has 0 atom stereocenters. The Morgan fingerprint density at radius 2 is 1.96 bits per heavy atom. The molecule has 146 valence electrons. The van der Waals surface area contributed by atoms with Crippen LogP contribution in [0, 0.1) is 0 Å². The average molecular weight is 400 g/mol. The van der Waals surface area contributed by atoms with Crippen LogP contribution in [0.25, 0.3) is 11.4 Å². The van der Waals surface area contributed by atoms with Crippen LogP contribution in [0.1, 0.15) is 17.8 Å². The molecule has 3 rings (SSSR count). The van der Waals surface area contributed by atoms with Crippen LogP contribution < -0.4 is 11.1 Å². The van der Waals surface area contributed by atoms with Crippen LogP contribution in [-0.2, 0) is 26.8 Å². The summed E-state index contributed by atoms with van der Waals surface area (Å²) in [7, 11) is -3.23. The topological polar surface area (TPSA) is 144 Å². The van der Waals surface area contributed by atoms with Crippen molar-refractivity contribution in [2.45, 2.75) is 18.6 Å². The fourth-order valence-electron chi connectivity index (χ4n) is 2.59. The number of aromatic amines is 1. The summed E-state index contributed by atoms with van der Waals surface area (Å²) < 4.78 is 23.0. The van der Waals surface area contributed by atoms with Gasteiger partial charge in [0.1, 0.15) is 5.82 Å². The molecule has 0 saturated heterocycles. The zero-order valence-corrected chi connectivity index (χ0v) is 16.0. The molecule has 0 unspecified atom stereocenters. The van der Waals surface area contributed by atoms with Crippen LogP contribution in [0.15, 0.2) is 42.9 Å². The number of amides is 1. The summed E-state index contributed by atoms with van der Waals surface area (Å²) in [6.45, 7) is 0. The van der Waals surface area contributed by atoms with Gasteiger partial charge in [0.15, 0.2) is 15.7 Å². The summed E-state index contributed by atoms with van der Waals surface area (Å²) in [4.78, 5) is 27.3. The number of aryl methyl sites for hydroxylation is 1. The lowest BCUT2D eigenvalue weighted by molar-refractivity contribution is -0.116. The number of imidazole rings is 1. The minimum Gasteiger partial charge on any atom is -0.384 e. The fraction of sp³-hybridized carbons (Fsp3) is 0.222. The summed E-state index contributed by atoms with van der Waals surface area (Å²) in [5, 5.41) is 2.82. The SMILES string of the molecule is CS(=O)(=O)Cc1cc(N)nc(-c2ccc(NC(=O)CCc3cnc[nH]3)cc2)n1. The van der Waals surface area contributed by atoms with E-state index in [1.54, 1.807) is 36.8 Å². The Bertz CT molecular complexity index is 1060. The number of H-pyrrole nitrogens is 1. The predicted octanol–water partition coefficient (Wildman–Crippen LogP) is 1.56. The van der Waals surface area contributed by atoms with Crippen molar-refractivity contribution >= 4 is 27.2 Å². The first-order chi connectivity index (χ1) is 13.3. The number of carbonyl (C=O) groups excluding carboxylic acids is 1. The third-order valence-corrected chi connectivity index (χ3v) is 4.63. The molecule has 2 heterocycles. The second-order valence-corrected chi connectivity index (χ2v) is 8.52. The molecule has 0 radical (unpaired) electrons. The van der Waals surface area contributed by atoms with E-state index in [1.807, 2.05) is 0 Å². The number of nitrogen functional groups attached to an aromatic ring is 1. The number of sulfone groups is 1. The molecule has 0 aliphatic carbocycles. The number of hydrogen-bond donors (Lipinski definition) is 3. The molecule has 28 heavy (non-hydrogen) atoms. The van der Waals surface area contributed by atoms with Crippen molar-refractivity contribution in [1.82, 2.24) is 19.9 Å². The van der Waals surface area contributed by atoms with Gasteiger partial charge in [-0.05, 0) is 30.7 Å². The van der Waals surface area contributed by atoms with E-state index in [4.69, 9.17) is 5.73 Å². The highest BCUT2D eigenvalue weighted by Gasteiger charge is 2.11. The van der Waals surface area contributed by atoms with Crippen LogP contribution in [0.4, 0.5) is 11.5 Å². The molecule has 1 amide bonds. The molecule has 4 N–H and O–H groups in total. The first-order valence-electron chi connectivity index (χ1n) is 8.47. The lowest BCUT2D eigenvalue weighted by Gasteiger charge is -2.08. The highest BCUT2D eigenvalue weighted by Crippen LogP contribution is 2.20. The van der Waals surface area contributed by atoms with Crippen molar-refractivity contribution in [1.29, 1.82) is 0 Å². The molecule has 10 heteroatoms. The predicted molar refractivity (Wildman–Crippen MR) is 106 cm³/mol. The van der Waals surface area contributed by atoms with Gasteiger partial charge in [-0.2, -0.15) is 0 Å². The number of nitrogens with two attached hydrogens (primary N) is 1. The number of rotatable bonds is 7. The number of anilines is 2. The van der Waals surface area contributed by atoms with Gasteiger partial charge in [0.2, 0.25) is 5.91 Å². The van der Waals surface area contributed by atoms with Crippen LogP contribution in [0.5, 0.6) is 0 Å². The van der Waals surface area contributed by atoms with Crippen molar-refractivity contribution in [3.05, 3.63) is 54.2 Å². The third kappa shape index (κ3) is 5.61. The summed E-state index contributed by atoms with van der Waals surface area (Å²) in [5.41, 5.74) is 8.31. The Hall–Kier alpha value is -3.27. The number of hydrogen-bond acceptors (Lipinski definition) is 7. The Kier molecular flexibility index (Phi) is 5.69. The van der Waals surface area contributed by atoms with Gasteiger partial charge in [-0.25, -0.2) is 23.4 Å². The normalized spacial score (nSPS) is 11.3. The van der Waals surface area contributed by atoms with Gasteiger partial charge in [-0.15, -0.1) is 0 Å². The Labute approximate surface area is 162 Å². The van der Waals surface area contributed by atoms with E-state index < -0.39 is 9.84 Å². The van der Waals surface area contributed by atoms with E-state index in [9.17, 15) is 13.2 Å². The maximum Gasteiger partial charge on any atom is 0.224 e. The van der Waals surface area contributed by atoms with Gasteiger partial charge < -0.3 is 16.0 Å². The minimum absolute atomic E-state index is 0.113. The first kappa shape index (κ1) is 19.5. The van der Waals surface area contributed by atoms with Crippen molar-refractivity contribution < 1.29 is 13.2 Å². The number of nitrogens with one attached hydrogen (secondary N) is 2. The molecular weight excluding hydrogens is 380 g/mol. The number of nitrogens with zero attached hydrogens (tertiary/aromatic N) is 3. The maximum absolute atomic E-state index is 12.0. The van der Waals surface area contributed by atoms with E-state index in [0.717, 1.165) is 11.9 Å².